The molecule has 0 N–H and O–H groups in total. The molecule has 35 heavy (non-hydrogen) atoms. The molecule has 0 spiro atoms. The van der Waals surface area contributed by atoms with Gasteiger partial charge in [-0.2, -0.15) is 0 Å². The second-order valence-electron chi connectivity index (χ2n) is 9.72. The molecule has 0 saturated heterocycles. The number of thiophene rings is 1. The van der Waals surface area contributed by atoms with Crippen LogP contribution < -0.4 is 4.74 Å². The number of amides is 2. The van der Waals surface area contributed by atoms with Crippen molar-refractivity contribution in [1.82, 2.24) is 9.80 Å². The molecule has 1 aromatic heterocycles. The Morgan fingerprint density at radius 2 is 1.80 bits per heavy atom. The molecule has 182 valence electrons. The van der Waals surface area contributed by atoms with Gasteiger partial charge < -0.3 is 14.5 Å². The first-order chi connectivity index (χ1) is 17.0. The van der Waals surface area contributed by atoms with Crippen LogP contribution in [0.4, 0.5) is 0 Å². The molecule has 2 amide bonds. The van der Waals surface area contributed by atoms with Crippen molar-refractivity contribution in [3.8, 4) is 5.75 Å². The molecule has 3 aromatic rings. The number of fused-ring (bicyclic) bond motifs is 1. The summed E-state index contributed by atoms with van der Waals surface area (Å²) in [4.78, 5) is 31.8. The first-order valence-corrected chi connectivity index (χ1v) is 13.3. The van der Waals surface area contributed by atoms with E-state index in [2.05, 4.69) is 37.4 Å². The molecule has 5 rings (SSSR count). The third-order valence-corrected chi connectivity index (χ3v) is 7.94. The zero-order valence-corrected chi connectivity index (χ0v) is 21.2. The number of rotatable bonds is 8. The van der Waals surface area contributed by atoms with Crippen LogP contribution in [0.5, 0.6) is 5.75 Å². The Hall–Kier alpha value is -3.12. The molecule has 1 aliphatic carbocycles. The van der Waals surface area contributed by atoms with Crippen LogP contribution in [0.2, 0.25) is 0 Å². The maximum Gasteiger partial charge on any atom is 0.254 e. The molecule has 2 heterocycles. The van der Waals surface area contributed by atoms with Gasteiger partial charge in [0.25, 0.3) is 5.91 Å². The summed E-state index contributed by atoms with van der Waals surface area (Å²) in [6, 6.07) is 19.6. The average molecular weight is 489 g/mol. The quantitative estimate of drug-likeness (QED) is 0.410. The van der Waals surface area contributed by atoms with Gasteiger partial charge in [0.05, 0.1) is 6.04 Å². The molecular weight excluding hydrogens is 456 g/mol. The van der Waals surface area contributed by atoms with Crippen LogP contribution in [0.1, 0.15) is 65.0 Å². The number of nitrogens with zero attached hydrogens (tertiary/aromatic N) is 2. The van der Waals surface area contributed by atoms with Crippen molar-refractivity contribution in [3.05, 3.63) is 87.6 Å². The molecule has 1 atom stereocenters. The normalized spacial score (nSPS) is 17.2. The SMILES string of the molecule is CC(C)c1ccc(OCC2c3ccsc3CCN2C(=O)CN(C(=O)c2ccccc2)C2CC2)cc1. The van der Waals surface area contributed by atoms with Crippen LogP contribution >= 0.6 is 11.3 Å². The minimum Gasteiger partial charge on any atom is -0.491 e. The third kappa shape index (κ3) is 5.27. The topological polar surface area (TPSA) is 49.9 Å². The fourth-order valence-corrected chi connectivity index (χ4v) is 5.66. The van der Waals surface area contributed by atoms with Crippen molar-refractivity contribution in [2.45, 2.75) is 51.1 Å². The standard InChI is InChI=1S/C29H32N2O3S/c1-20(2)21-8-12-24(13-9-21)34-19-26-25-15-17-35-27(25)14-16-30(26)28(32)18-31(23-10-11-23)29(33)22-6-4-3-5-7-22/h3-9,12-13,15,17,20,23,26H,10-11,14,16,18-19H2,1-2H3. The van der Waals surface area contributed by atoms with E-state index in [4.69, 9.17) is 4.74 Å². The van der Waals surface area contributed by atoms with Crippen LogP contribution in [-0.2, 0) is 11.2 Å². The van der Waals surface area contributed by atoms with Gasteiger partial charge in [0, 0.05) is 23.0 Å². The minimum absolute atomic E-state index is 0.0122. The van der Waals surface area contributed by atoms with Crippen molar-refractivity contribution in [3.63, 3.8) is 0 Å². The van der Waals surface area contributed by atoms with Gasteiger partial charge in [0.15, 0.2) is 0 Å². The predicted octanol–water partition coefficient (Wildman–Crippen LogP) is 5.68. The Morgan fingerprint density at radius 3 is 2.49 bits per heavy atom. The van der Waals surface area contributed by atoms with Crippen molar-refractivity contribution >= 4 is 23.2 Å². The molecule has 2 aliphatic rings. The van der Waals surface area contributed by atoms with E-state index >= 15 is 0 Å². The van der Waals surface area contributed by atoms with Crippen LogP contribution in [0.15, 0.2) is 66.0 Å². The molecule has 1 saturated carbocycles. The highest BCUT2D eigenvalue weighted by Gasteiger charge is 2.38. The summed E-state index contributed by atoms with van der Waals surface area (Å²) in [5, 5.41) is 2.10. The maximum absolute atomic E-state index is 13.6. The monoisotopic (exact) mass is 488 g/mol. The van der Waals surface area contributed by atoms with Gasteiger partial charge in [-0.15, -0.1) is 11.3 Å². The molecule has 1 aliphatic heterocycles. The number of hydrogen-bond acceptors (Lipinski definition) is 4. The highest BCUT2D eigenvalue weighted by Crippen LogP contribution is 2.35. The second-order valence-corrected chi connectivity index (χ2v) is 10.7. The Labute approximate surface area is 211 Å². The molecule has 1 unspecified atom stereocenters. The fourth-order valence-electron chi connectivity index (χ4n) is 4.73. The summed E-state index contributed by atoms with van der Waals surface area (Å²) >= 11 is 1.74. The van der Waals surface area contributed by atoms with Crippen molar-refractivity contribution in [2.75, 3.05) is 19.7 Å². The highest BCUT2D eigenvalue weighted by atomic mass is 32.1. The summed E-state index contributed by atoms with van der Waals surface area (Å²) in [5.74, 6) is 1.20. The number of carbonyl (C=O) groups excluding carboxylic acids is 2. The van der Waals surface area contributed by atoms with Crippen LogP contribution in [0.25, 0.3) is 0 Å². The first kappa shape index (κ1) is 23.6. The molecule has 5 nitrogen and oxygen atoms in total. The lowest BCUT2D eigenvalue weighted by Crippen LogP contribution is -2.48. The number of carbonyl (C=O) groups is 2. The van der Waals surface area contributed by atoms with Gasteiger partial charge in [0.2, 0.25) is 5.91 Å². The van der Waals surface area contributed by atoms with E-state index in [1.165, 1.54) is 16.0 Å². The van der Waals surface area contributed by atoms with Gasteiger partial charge in [-0.1, -0.05) is 44.2 Å². The average Bonchev–Trinajstić information content (AvgIpc) is 3.61. The number of ether oxygens (including phenoxy) is 1. The summed E-state index contributed by atoms with van der Waals surface area (Å²) in [6.07, 6.45) is 2.76. The first-order valence-electron chi connectivity index (χ1n) is 12.5. The Kier molecular flexibility index (Phi) is 6.91. The Balaban J connectivity index is 1.32. The number of benzene rings is 2. The second kappa shape index (κ2) is 10.2. The molecule has 6 heteroatoms. The van der Waals surface area contributed by atoms with Crippen molar-refractivity contribution in [2.24, 2.45) is 0 Å². The van der Waals surface area contributed by atoms with E-state index in [-0.39, 0.29) is 30.4 Å². The van der Waals surface area contributed by atoms with E-state index in [1.54, 1.807) is 16.2 Å². The molecule has 0 radical (unpaired) electrons. The molecule has 0 bridgehead atoms. The van der Waals surface area contributed by atoms with E-state index in [0.717, 1.165) is 25.0 Å². The third-order valence-electron chi connectivity index (χ3n) is 6.94. The number of hydrogen-bond donors (Lipinski definition) is 0. The van der Waals surface area contributed by atoms with Crippen LogP contribution in [0, 0.1) is 0 Å². The highest BCUT2D eigenvalue weighted by molar-refractivity contribution is 7.10. The Bertz CT molecular complexity index is 1170. The van der Waals surface area contributed by atoms with Crippen molar-refractivity contribution in [1.29, 1.82) is 0 Å². The van der Waals surface area contributed by atoms with Crippen LogP contribution in [0.3, 0.4) is 0 Å². The predicted molar refractivity (Wildman–Crippen MR) is 139 cm³/mol. The van der Waals surface area contributed by atoms with Crippen molar-refractivity contribution < 1.29 is 14.3 Å². The zero-order valence-electron chi connectivity index (χ0n) is 20.4. The lowest BCUT2D eigenvalue weighted by Gasteiger charge is -2.37. The van der Waals surface area contributed by atoms with E-state index < -0.39 is 0 Å². The van der Waals surface area contributed by atoms with Gasteiger partial charge in [-0.25, -0.2) is 0 Å². The fraction of sp³-hybridized carbons (Fsp3) is 0.379. The molecular formula is C29H32N2O3S. The van der Waals surface area contributed by atoms with Gasteiger partial charge in [-0.05, 0) is 72.0 Å². The summed E-state index contributed by atoms with van der Waals surface area (Å²) < 4.78 is 6.20. The minimum atomic E-state index is -0.157. The summed E-state index contributed by atoms with van der Waals surface area (Å²) in [5.41, 5.74) is 3.08. The maximum atomic E-state index is 13.6. The van der Waals surface area contributed by atoms with E-state index in [9.17, 15) is 9.59 Å². The largest absolute Gasteiger partial charge is 0.491 e. The summed E-state index contributed by atoms with van der Waals surface area (Å²) in [6.45, 7) is 5.49. The summed E-state index contributed by atoms with van der Waals surface area (Å²) in [7, 11) is 0. The van der Waals surface area contributed by atoms with Gasteiger partial charge in [0.1, 0.15) is 18.9 Å². The van der Waals surface area contributed by atoms with E-state index in [0.29, 0.717) is 24.6 Å². The van der Waals surface area contributed by atoms with Gasteiger partial charge >= 0.3 is 0 Å². The smallest absolute Gasteiger partial charge is 0.254 e. The lowest BCUT2D eigenvalue weighted by atomic mass is 10.00. The molecule has 2 aromatic carbocycles. The Morgan fingerprint density at radius 1 is 1.06 bits per heavy atom. The lowest BCUT2D eigenvalue weighted by molar-refractivity contribution is -0.135. The zero-order chi connectivity index (χ0) is 24.4. The van der Waals surface area contributed by atoms with E-state index in [1.807, 2.05) is 47.4 Å². The molecule has 1 fully saturated rings. The van der Waals surface area contributed by atoms with Gasteiger partial charge in [-0.3, -0.25) is 9.59 Å². The van der Waals surface area contributed by atoms with Crippen LogP contribution in [-0.4, -0.2) is 47.4 Å².